The number of ether oxygens (including phenoxy) is 2. The number of thiazole rings is 1. The summed E-state index contributed by atoms with van der Waals surface area (Å²) in [4.78, 5) is 40.8. The summed E-state index contributed by atoms with van der Waals surface area (Å²) >= 11 is 1.43. The predicted molar refractivity (Wildman–Crippen MR) is 137 cm³/mol. The highest BCUT2D eigenvalue weighted by atomic mass is 32.1. The summed E-state index contributed by atoms with van der Waals surface area (Å²) in [5.74, 6) is 0.349. The van der Waals surface area contributed by atoms with Gasteiger partial charge < -0.3 is 19.8 Å². The number of aromatic amines is 1. The van der Waals surface area contributed by atoms with Crippen molar-refractivity contribution in [3.63, 3.8) is 0 Å². The third kappa shape index (κ3) is 3.70. The molecule has 2 N–H and O–H groups in total. The summed E-state index contributed by atoms with van der Waals surface area (Å²) in [6.07, 6.45) is 5.09. The third-order valence-electron chi connectivity index (χ3n) is 6.39. The van der Waals surface area contributed by atoms with Crippen LogP contribution in [0.25, 0.3) is 37.2 Å². The second kappa shape index (κ2) is 8.36. The van der Waals surface area contributed by atoms with Gasteiger partial charge in [0.1, 0.15) is 21.3 Å². The van der Waals surface area contributed by atoms with Crippen molar-refractivity contribution in [3.8, 4) is 16.3 Å². The number of likely N-dealkylation sites (tertiary alicyclic amines) is 1. The van der Waals surface area contributed by atoms with Crippen molar-refractivity contribution >= 4 is 49.7 Å². The Bertz CT molecular complexity index is 1700. The minimum Gasteiger partial charge on any atom is -0.481 e. The smallest absolute Gasteiger partial charge is 0.261 e. The number of aromatic nitrogens is 5. The van der Waals surface area contributed by atoms with E-state index in [1.165, 1.54) is 11.3 Å². The van der Waals surface area contributed by atoms with Crippen LogP contribution in [0.1, 0.15) is 6.92 Å². The molecule has 1 fully saturated rings. The molecular weight excluding hydrogens is 482 g/mol. The second-order valence-corrected chi connectivity index (χ2v) is 10.1. The molecule has 1 aliphatic rings. The first-order valence-electron chi connectivity index (χ1n) is 11.3. The van der Waals surface area contributed by atoms with Crippen LogP contribution in [-0.4, -0.2) is 74.8 Å². The van der Waals surface area contributed by atoms with E-state index in [4.69, 9.17) is 9.47 Å². The van der Waals surface area contributed by atoms with E-state index < -0.39 is 0 Å². The van der Waals surface area contributed by atoms with Crippen LogP contribution >= 0.6 is 11.3 Å². The maximum absolute atomic E-state index is 13.1. The second-order valence-electron chi connectivity index (χ2n) is 9.05. The minimum absolute atomic E-state index is 0.154. The van der Waals surface area contributed by atoms with Crippen LogP contribution in [0.2, 0.25) is 0 Å². The van der Waals surface area contributed by atoms with Gasteiger partial charge in [-0.15, -0.1) is 11.3 Å². The molecule has 0 radical (unpaired) electrons. The summed E-state index contributed by atoms with van der Waals surface area (Å²) in [5.41, 5.74) is 2.41. The number of hydrogen-bond donors (Lipinski definition) is 2. The lowest BCUT2D eigenvalue weighted by Gasteiger charge is -2.46. The van der Waals surface area contributed by atoms with Gasteiger partial charge in [0.05, 0.1) is 47.1 Å². The topological polar surface area (TPSA) is 127 Å². The molecule has 1 saturated heterocycles. The van der Waals surface area contributed by atoms with Gasteiger partial charge >= 0.3 is 0 Å². The van der Waals surface area contributed by atoms with E-state index >= 15 is 0 Å². The van der Waals surface area contributed by atoms with Crippen molar-refractivity contribution in [2.24, 2.45) is 0 Å². The van der Waals surface area contributed by atoms with Crippen molar-refractivity contribution in [1.82, 2.24) is 29.5 Å². The molecule has 184 valence electrons. The normalized spacial score (nSPS) is 15.4. The number of nitrogens with zero attached hydrogens (tertiary/aromatic N) is 5. The van der Waals surface area contributed by atoms with Crippen LogP contribution in [0.15, 0.2) is 41.6 Å². The van der Waals surface area contributed by atoms with Crippen molar-refractivity contribution in [2.75, 3.05) is 39.2 Å². The number of hydrogen-bond acceptors (Lipinski definition) is 9. The highest BCUT2D eigenvalue weighted by molar-refractivity contribution is 7.21. The Kier molecular flexibility index (Phi) is 5.25. The molecule has 0 bridgehead atoms. The Morgan fingerprint density at radius 3 is 2.89 bits per heavy atom. The molecule has 36 heavy (non-hydrogen) atoms. The first kappa shape index (κ1) is 22.6. The average molecular weight is 506 g/mol. The molecule has 6 heterocycles. The van der Waals surface area contributed by atoms with Gasteiger partial charge in [-0.25, -0.2) is 9.50 Å². The van der Waals surface area contributed by atoms with E-state index in [1.54, 1.807) is 37.2 Å². The highest BCUT2D eigenvalue weighted by Crippen LogP contribution is 2.36. The molecule has 1 aliphatic heterocycles. The number of nitrogens with one attached hydrogen (secondary N) is 2. The van der Waals surface area contributed by atoms with Crippen LogP contribution in [0, 0.1) is 0 Å². The van der Waals surface area contributed by atoms with E-state index in [-0.39, 0.29) is 23.6 Å². The van der Waals surface area contributed by atoms with Gasteiger partial charge in [-0.05, 0) is 25.1 Å². The van der Waals surface area contributed by atoms with Gasteiger partial charge in [0.15, 0.2) is 0 Å². The number of carbonyl (C=O) groups excluding carboxylic acids is 1. The third-order valence-corrected chi connectivity index (χ3v) is 7.52. The Morgan fingerprint density at radius 2 is 2.11 bits per heavy atom. The largest absolute Gasteiger partial charge is 0.481 e. The number of pyridine rings is 3. The molecule has 0 spiro atoms. The Balaban J connectivity index is 1.31. The Labute approximate surface area is 208 Å². The lowest BCUT2D eigenvalue weighted by atomic mass is 9.96. The summed E-state index contributed by atoms with van der Waals surface area (Å²) in [5, 5.41) is 7.97. The van der Waals surface area contributed by atoms with E-state index in [0.29, 0.717) is 51.4 Å². The fourth-order valence-electron chi connectivity index (χ4n) is 4.63. The number of H-pyrrole nitrogens is 1. The molecule has 0 atom stereocenters. The number of carbonyl (C=O) groups is 1. The fourth-order valence-corrected chi connectivity index (χ4v) is 5.73. The fraction of sp³-hybridized carbons (Fsp3) is 0.292. The van der Waals surface area contributed by atoms with E-state index in [9.17, 15) is 9.59 Å². The van der Waals surface area contributed by atoms with Gasteiger partial charge in [0, 0.05) is 32.6 Å². The molecule has 12 heteroatoms. The number of methoxy groups -OCH3 is 2. The molecular formula is C24H23N7O4S. The molecule has 0 saturated carbocycles. The summed E-state index contributed by atoms with van der Waals surface area (Å²) in [6, 6.07) is 5.45. The maximum Gasteiger partial charge on any atom is 0.261 e. The Hall–Kier alpha value is -3.87. The lowest BCUT2D eigenvalue weighted by molar-refractivity contribution is -0.131. The molecule has 11 nitrogen and oxygen atoms in total. The monoisotopic (exact) mass is 505 g/mol. The highest BCUT2D eigenvalue weighted by Gasteiger charge is 2.39. The molecule has 1 amide bonds. The molecule has 5 aromatic heterocycles. The number of amides is 1. The SMILES string of the molecule is COc1ncccc1-c1cn2nc3c4ncc(NC(=O)CN5CC(C)(OC)C5)cc4[nH]c(=O)c3c2s1. The van der Waals surface area contributed by atoms with Crippen molar-refractivity contribution in [3.05, 3.63) is 47.1 Å². The predicted octanol–water partition coefficient (Wildman–Crippen LogP) is 2.52. The van der Waals surface area contributed by atoms with Crippen molar-refractivity contribution in [2.45, 2.75) is 12.5 Å². The standard InChI is InChI=1S/C24H23N7O4S/c1-24(35-3)11-30(12-24)10-17(32)27-13-7-15-19(26-8-13)20-18(21(33)28-15)23-31(29-20)9-16(36-23)14-5-4-6-25-22(14)34-2/h4-9H,10-12H2,1-3H3,(H,27,32)(H,28,33). The molecule has 0 unspecified atom stereocenters. The van der Waals surface area contributed by atoms with Crippen LogP contribution < -0.4 is 15.6 Å². The summed E-state index contributed by atoms with van der Waals surface area (Å²) in [7, 11) is 3.25. The van der Waals surface area contributed by atoms with Crippen molar-refractivity contribution < 1.29 is 14.3 Å². The van der Waals surface area contributed by atoms with E-state index in [0.717, 1.165) is 10.4 Å². The minimum atomic E-state index is -0.274. The molecule has 0 aromatic carbocycles. The van der Waals surface area contributed by atoms with Crippen molar-refractivity contribution in [1.29, 1.82) is 0 Å². The molecule has 6 rings (SSSR count). The Morgan fingerprint density at radius 1 is 1.28 bits per heavy atom. The quantitative estimate of drug-likeness (QED) is 0.361. The molecule has 5 aromatic rings. The first-order chi connectivity index (χ1) is 17.4. The van der Waals surface area contributed by atoms with Crippen LogP contribution in [-0.2, 0) is 9.53 Å². The van der Waals surface area contributed by atoms with Gasteiger partial charge in [-0.3, -0.25) is 19.5 Å². The number of fused-ring (bicyclic) bond motifs is 5. The first-order valence-corrected chi connectivity index (χ1v) is 12.1. The lowest BCUT2D eigenvalue weighted by Crippen LogP contribution is -2.62. The summed E-state index contributed by atoms with van der Waals surface area (Å²) in [6.45, 7) is 3.67. The number of anilines is 1. The zero-order valence-corrected chi connectivity index (χ0v) is 20.7. The zero-order chi connectivity index (χ0) is 25.0. The van der Waals surface area contributed by atoms with E-state index in [2.05, 4.69) is 25.4 Å². The zero-order valence-electron chi connectivity index (χ0n) is 19.9. The van der Waals surface area contributed by atoms with Crippen LogP contribution in [0.3, 0.4) is 0 Å². The van der Waals surface area contributed by atoms with Crippen LogP contribution in [0.4, 0.5) is 5.69 Å². The van der Waals surface area contributed by atoms with Gasteiger partial charge in [-0.2, -0.15) is 5.10 Å². The van der Waals surface area contributed by atoms with E-state index in [1.807, 2.05) is 30.2 Å². The summed E-state index contributed by atoms with van der Waals surface area (Å²) < 4.78 is 12.5. The van der Waals surface area contributed by atoms with Gasteiger partial charge in [-0.1, -0.05) is 0 Å². The van der Waals surface area contributed by atoms with Gasteiger partial charge in [0.2, 0.25) is 11.8 Å². The van der Waals surface area contributed by atoms with Gasteiger partial charge in [0.25, 0.3) is 5.56 Å². The van der Waals surface area contributed by atoms with Crippen LogP contribution in [0.5, 0.6) is 5.88 Å². The number of rotatable bonds is 6. The molecule has 0 aliphatic carbocycles. The average Bonchev–Trinajstić information content (AvgIpc) is 3.41. The maximum atomic E-state index is 13.1.